The predicted molar refractivity (Wildman–Crippen MR) is 82.7 cm³/mol. The summed E-state index contributed by atoms with van der Waals surface area (Å²) in [4.78, 5) is 15.7. The molecule has 1 heterocycles. The lowest BCUT2D eigenvalue weighted by molar-refractivity contribution is -0.116. The molecule has 0 saturated heterocycles. The van der Waals surface area contributed by atoms with E-state index in [2.05, 4.69) is 4.98 Å². The lowest BCUT2D eigenvalue weighted by Gasteiger charge is -2.08. The van der Waals surface area contributed by atoms with Gasteiger partial charge in [-0.1, -0.05) is 24.3 Å². The minimum absolute atomic E-state index is 0.203. The third-order valence-corrected chi connectivity index (χ3v) is 3.55. The van der Waals surface area contributed by atoms with Gasteiger partial charge >= 0.3 is 0 Å². The first kappa shape index (κ1) is 12.6. The number of aromatic nitrogens is 1. The fraction of sp³-hybridized carbons (Fsp3) is 0.176. The van der Waals surface area contributed by atoms with Crippen LogP contribution in [0.15, 0.2) is 42.5 Å². The molecule has 3 nitrogen and oxygen atoms in total. The van der Waals surface area contributed by atoms with Gasteiger partial charge in [0.25, 0.3) is 0 Å². The van der Waals surface area contributed by atoms with Crippen molar-refractivity contribution in [3.8, 4) is 0 Å². The van der Waals surface area contributed by atoms with Crippen LogP contribution in [0.4, 0.5) is 5.69 Å². The van der Waals surface area contributed by atoms with Crippen molar-refractivity contribution in [1.29, 1.82) is 0 Å². The summed E-state index contributed by atoms with van der Waals surface area (Å²) in [7, 11) is 0. The zero-order valence-corrected chi connectivity index (χ0v) is 11.4. The van der Waals surface area contributed by atoms with Crippen LogP contribution >= 0.6 is 0 Å². The number of ketones is 1. The number of aryl methyl sites for hydroxylation is 1. The number of carbonyl (C=O) groups is 1. The molecule has 3 aromatic rings. The summed E-state index contributed by atoms with van der Waals surface area (Å²) in [5, 5.41) is 1.94. The normalized spacial score (nSPS) is 11.1. The first-order chi connectivity index (χ1) is 9.65. The van der Waals surface area contributed by atoms with Gasteiger partial charge in [-0.2, -0.15) is 0 Å². The van der Waals surface area contributed by atoms with Gasteiger partial charge in [0.15, 0.2) is 0 Å². The van der Waals surface area contributed by atoms with E-state index in [1.165, 1.54) is 0 Å². The number of nitrogen functional groups attached to an aromatic ring is 1. The van der Waals surface area contributed by atoms with Gasteiger partial charge in [-0.05, 0) is 37.1 Å². The number of nitrogens with two attached hydrogens (primary N) is 1. The molecule has 0 aliphatic rings. The number of benzene rings is 2. The number of rotatable bonds is 3. The monoisotopic (exact) mass is 264 g/mol. The van der Waals surface area contributed by atoms with Crippen LogP contribution < -0.4 is 5.73 Å². The molecule has 3 heteroatoms. The summed E-state index contributed by atoms with van der Waals surface area (Å²) in [6.45, 7) is 1.62. The number of fused-ring (bicyclic) bond motifs is 2. The maximum absolute atomic E-state index is 11.1. The molecular weight excluding hydrogens is 248 g/mol. The molecule has 0 radical (unpaired) electrons. The number of Topliss-reactive ketones (excluding diaryl/α,β-unsaturated/α-hetero) is 1. The molecule has 0 aliphatic carbocycles. The van der Waals surface area contributed by atoms with Crippen LogP contribution in [-0.2, 0) is 11.2 Å². The quantitative estimate of drug-likeness (QED) is 0.737. The second-order valence-electron chi connectivity index (χ2n) is 5.10. The molecule has 2 aromatic carbocycles. The number of nitrogens with zero attached hydrogens (tertiary/aromatic N) is 1. The van der Waals surface area contributed by atoms with E-state index in [0.717, 1.165) is 39.5 Å². The second kappa shape index (κ2) is 4.93. The van der Waals surface area contributed by atoms with Gasteiger partial charge in [-0.3, -0.25) is 0 Å². The number of hydrogen-bond donors (Lipinski definition) is 1. The molecule has 0 bridgehead atoms. The highest BCUT2D eigenvalue weighted by atomic mass is 16.1. The molecule has 0 fully saturated rings. The van der Waals surface area contributed by atoms with Crippen LogP contribution in [0.5, 0.6) is 0 Å². The van der Waals surface area contributed by atoms with Crippen LogP contribution in [0, 0.1) is 0 Å². The van der Waals surface area contributed by atoms with Crippen LogP contribution in [0.2, 0.25) is 0 Å². The Bertz CT molecular complexity index is 809. The Morgan fingerprint density at radius 3 is 2.65 bits per heavy atom. The Labute approximate surface area is 117 Å². The SMILES string of the molecule is CC(=O)CCc1ccc2nc3ccccc3c(N)c2c1. The molecule has 0 aliphatic heterocycles. The predicted octanol–water partition coefficient (Wildman–Crippen LogP) is 3.49. The highest BCUT2D eigenvalue weighted by Gasteiger charge is 2.07. The van der Waals surface area contributed by atoms with Crippen molar-refractivity contribution in [2.45, 2.75) is 19.8 Å². The van der Waals surface area contributed by atoms with E-state index >= 15 is 0 Å². The van der Waals surface area contributed by atoms with E-state index in [-0.39, 0.29) is 5.78 Å². The molecule has 20 heavy (non-hydrogen) atoms. The van der Waals surface area contributed by atoms with Crippen LogP contribution in [0.25, 0.3) is 21.8 Å². The van der Waals surface area contributed by atoms with E-state index < -0.39 is 0 Å². The molecule has 0 spiro atoms. The molecule has 0 amide bonds. The van der Waals surface area contributed by atoms with Crippen LogP contribution in [0.1, 0.15) is 18.9 Å². The van der Waals surface area contributed by atoms with Crippen molar-refractivity contribution in [3.05, 3.63) is 48.0 Å². The van der Waals surface area contributed by atoms with E-state index in [4.69, 9.17) is 5.73 Å². The molecule has 3 rings (SSSR count). The maximum atomic E-state index is 11.1. The summed E-state index contributed by atoms with van der Waals surface area (Å²) < 4.78 is 0. The van der Waals surface area contributed by atoms with Gasteiger partial charge in [0.05, 0.1) is 16.7 Å². The number of para-hydroxylation sites is 1. The van der Waals surface area contributed by atoms with Crippen molar-refractivity contribution in [2.75, 3.05) is 5.73 Å². The fourth-order valence-electron chi connectivity index (χ4n) is 2.45. The molecule has 1 aromatic heterocycles. The third kappa shape index (κ3) is 2.23. The lowest BCUT2D eigenvalue weighted by Crippen LogP contribution is -1.96. The van der Waals surface area contributed by atoms with Gasteiger partial charge < -0.3 is 10.5 Å². The standard InChI is InChI=1S/C17H16N2O/c1-11(20)6-7-12-8-9-16-14(10-12)17(18)13-4-2-3-5-15(13)19-16/h2-5,8-10H,6-7H2,1H3,(H2,18,19). The number of hydrogen-bond acceptors (Lipinski definition) is 3. The number of carbonyl (C=O) groups excluding carboxylic acids is 1. The molecular formula is C17H16N2O. The number of pyridine rings is 1. The summed E-state index contributed by atoms with van der Waals surface area (Å²) in [5.74, 6) is 0.203. The highest BCUT2D eigenvalue weighted by Crippen LogP contribution is 2.28. The average Bonchev–Trinajstić information content (AvgIpc) is 2.46. The van der Waals surface area contributed by atoms with E-state index in [9.17, 15) is 4.79 Å². The fourth-order valence-corrected chi connectivity index (χ4v) is 2.45. The summed E-state index contributed by atoms with van der Waals surface area (Å²) in [6.07, 6.45) is 1.31. The maximum Gasteiger partial charge on any atom is 0.130 e. The first-order valence-corrected chi connectivity index (χ1v) is 6.71. The molecule has 2 N–H and O–H groups in total. The zero-order chi connectivity index (χ0) is 14.1. The third-order valence-electron chi connectivity index (χ3n) is 3.55. The van der Waals surface area contributed by atoms with Crippen molar-refractivity contribution in [2.24, 2.45) is 0 Å². The van der Waals surface area contributed by atoms with E-state index in [1.807, 2.05) is 42.5 Å². The summed E-state index contributed by atoms with van der Waals surface area (Å²) in [6, 6.07) is 13.9. The Hall–Kier alpha value is -2.42. The average molecular weight is 264 g/mol. The molecule has 0 atom stereocenters. The van der Waals surface area contributed by atoms with Crippen molar-refractivity contribution in [1.82, 2.24) is 4.98 Å². The lowest BCUT2D eigenvalue weighted by atomic mass is 10.0. The first-order valence-electron chi connectivity index (χ1n) is 6.71. The van der Waals surface area contributed by atoms with Crippen LogP contribution in [-0.4, -0.2) is 10.8 Å². The summed E-state index contributed by atoms with van der Waals surface area (Å²) in [5.41, 5.74) is 9.96. The van der Waals surface area contributed by atoms with E-state index in [0.29, 0.717) is 6.42 Å². The smallest absolute Gasteiger partial charge is 0.130 e. The Kier molecular flexibility index (Phi) is 3.11. The minimum Gasteiger partial charge on any atom is -0.398 e. The van der Waals surface area contributed by atoms with Gasteiger partial charge in [-0.15, -0.1) is 0 Å². The summed E-state index contributed by atoms with van der Waals surface area (Å²) >= 11 is 0. The zero-order valence-electron chi connectivity index (χ0n) is 11.4. The molecule has 100 valence electrons. The van der Waals surface area contributed by atoms with Crippen molar-refractivity contribution >= 4 is 33.3 Å². The Balaban J connectivity index is 2.15. The van der Waals surface area contributed by atoms with Crippen LogP contribution in [0.3, 0.4) is 0 Å². The number of anilines is 1. The van der Waals surface area contributed by atoms with Gasteiger partial charge in [0, 0.05) is 17.2 Å². The Morgan fingerprint density at radius 1 is 1.10 bits per heavy atom. The molecule has 0 unspecified atom stereocenters. The molecule has 0 saturated carbocycles. The van der Waals surface area contributed by atoms with Gasteiger partial charge in [0.1, 0.15) is 5.78 Å². The topological polar surface area (TPSA) is 56.0 Å². The van der Waals surface area contributed by atoms with E-state index in [1.54, 1.807) is 6.92 Å². The van der Waals surface area contributed by atoms with Crippen molar-refractivity contribution in [3.63, 3.8) is 0 Å². The second-order valence-corrected chi connectivity index (χ2v) is 5.10. The Morgan fingerprint density at radius 2 is 1.85 bits per heavy atom. The van der Waals surface area contributed by atoms with Crippen molar-refractivity contribution < 1.29 is 4.79 Å². The van der Waals surface area contributed by atoms with Gasteiger partial charge in [0.2, 0.25) is 0 Å². The van der Waals surface area contributed by atoms with Gasteiger partial charge in [-0.25, -0.2) is 4.98 Å². The minimum atomic E-state index is 0.203. The highest BCUT2D eigenvalue weighted by molar-refractivity contribution is 6.06. The largest absolute Gasteiger partial charge is 0.398 e.